The van der Waals surface area contributed by atoms with Crippen molar-refractivity contribution in [3.63, 3.8) is 0 Å². The molecule has 0 spiro atoms. The molecule has 0 radical (unpaired) electrons. The maximum atomic E-state index is 7.54. The zero-order valence-electron chi connectivity index (χ0n) is 35.7. The van der Waals surface area contributed by atoms with Gasteiger partial charge in [-0.1, -0.05) is 156 Å². The van der Waals surface area contributed by atoms with Crippen LogP contribution in [0.4, 0.5) is 0 Å². The van der Waals surface area contributed by atoms with Gasteiger partial charge in [-0.25, -0.2) is 0 Å². The van der Waals surface area contributed by atoms with E-state index < -0.39 is 5.79 Å². The van der Waals surface area contributed by atoms with Gasteiger partial charge >= 0.3 is 0 Å². The summed E-state index contributed by atoms with van der Waals surface area (Å²) in [6.07, 6.45) is 20.5. The molecule has 4 atom stereocenters. The Labute approximate surface area is 331 Å². The Bertz CT molecular complexity index is 1530. The molecular weight excluding hydrogens is 685 g/mol. The van der Waals surface area contributed by atoms with E-state index in [0.29, 0.717) is 10.5 Å². The third-order valence-corrected chi connectivity index (χ3v) is 18.0. The lowest BCUT2D eigenvalue weighted by Crippen LogP contribution is -2.39. The fourth-order valence-corrected chi connectivity index (χ4v) is 14.8. The van der Waals surface area contributed by atoms with E-state index in [1.807, 2.05) is 0 Å². The van der Waals surface area contributed by atoms with Crippen LogP contribution in [0.25, 0.3) is 0 Å². The van der Waals surface area contributed by atoms with Gasteiger partial charge in [0.15, 0.2) is 0 Å². The molecule has 4 heteroatoms. The molecule has 3 fully saturated rings. The van der Waals surface area contributed by atoms with Crippen LogP contribution in [0.15, 0.2) is 24.3 Å². The highest BCUT2D eigenvalue weighted by molar-refractivity contribution is 8.17. The number of rotatable bonds is 2. The van der Waals surface area contributed by atoms with Crippen molar-refractivity contribution in [3.8, 4) is 11.5 Å². The fourth-order valence-electron chi connectivity index (χ4n) is 10.1. The highest BCUT2D eigenvalue weighted by Gasteiger charge is 2.40. The lowest BCUT2D eigenvalue weighted by molar-refractivity contribution is -0.0841. The fraction of sp³-hybridized carbons (Fsp3) is 0.714. The van der Waals surface area contributed by atoms with Crippen LogP contribution in [-0.4, -0.2) is 28.0 Å². The molecular formula is C49H76O2S2. The topological polar surface area (TPSA) is 18.5 Å². The summed E-state index contributed by atoms with van der Waals surface area (Å²) in [7, 11) is -0.111. The molecule has 1 aliphatic heterocycles. The van der Waals surface area contributed by atoms with E-state index in [4.69, 9.17) is 21.2 Å². The first-order valence-corrected chi connectivity index (χ1v) is 24.8. The van der Waals surface area contributed by atoms with Gasteiger partial charge in [-0.15, -0.1) is 0 Å². The van der Waals surface area contributed by atoms with Gasteiger partial charge in [-0.3, -0.25) is 0 Å². The van der Waals surface area contributed by atoms with Gasteiger partial charge in [0.2, 0.25) is 5.79 Å². The van der Waals surface area contributed by atoms with Crippen molar-refractivity contribution in [2.45, 2.75) is 221 Å². The van der Waals surface area contributed by atoms with Gasteiger partial charge in [0.1, 0.15) is 11.5 Å². The summed E-state index contributed by atoms with van der Waals surface area (Å²) in [5.41, 5.74) is 8.65. The Kier molecular flexibility index (Phi) is 12.2. The summed E-state index contributed by atoms with van der Waals surface area (Å²) in [5.74, 6) is 13.5. The zero-order chi connectivity index (χ0) is 38.4. The van der Waals surface area contributed by atoms with E-state index in [9.17, 15) is 0 Å². The molecule has 0 N–H and O–H groups in total. The second-order valence-corrected chi connectivity index (χ2v) is 24.7. The Morgan fingerprint density at radius 3 is 1.21 bits per heavy atom. The van der Waals surface area contributed by atoms with Gasteiger partial charge < -0.3 is 9.47 Å². The van der Waals surface area contributed by atoms with E-state index >= 15 is 0 Å². The van der Waals surface area contributed by atoms with E-state index in [0.717, 1.165) is 23.0 Å². The zero-order valence-corrected chi connectivity index (χ0v) is 37.4. The van der Waals surface area contributed by atoms with E-state index in [1.165, 1.54) is 136 Å². The van der Waals surface area contributed by atoms with Crippen LogP contribution in [0.5, 0.6) is 11.5 Å². The highest BCUT2D eigenvalue weighted by Crippen LogP contribution is 2.53. The molecule has 2 aromatic carbocycles. The number of hydrogen-bond donors (Lipinski definition) is 0. The molecule has 3 aliphatic carbocycles. The van der Waals surface area contributed by atoms with Crippen molar-refractivity contribution in [1.29, 1.82) is 0 Å². The van der Waals surface area contributed by atoms with Crippen LogP contribution < -0.4 is 9.47 Å². The molecule has 4 unspecified atom stereocenters. The Morgan fingerprint density at radius 1 is 0.528 bits per heavy atom. The first-order valence-electron chi connectivity index (χ1n) is 21.5. The SMILES string of the molecule is C=S1Cc2cc(C(C)(C)C)cc(C3(C)CCCCC3)c2OC(C)(C)Oc2c(cc(C(C)(C)C)cc2C2(C)CCCCC2)CS(=C)C2CCCCCCC21. The van der Waals surface area contributed by atoms with Crippen LogP contribution in [0.3, 0.4) is 0 Å². The van der Waals surface area contributed by atoms with Crippen LogP contribution >= 0.6 is 21.0 Å². The van der Waals surface area contributed by atoms with Crippen molar-refractivity contribution in [3.05, 3.63) is 57.6 Å². The molecule has 4 aliphatic rings. The van der Waals surface area contributed by atoms with E-state index in [1.54, 1.807) is 0 Å². The average Bonchev–Trinajstić information content (AvgIpc) is 3.05. The predicted octanol–water partition coefficient (Wildman–Crippen LogP) is 14.4. The minimum Gasteiger partial charge on any atom is -0.452 e. The lowest BCUT2D eigenvalue weighted by Gasteiger charge is -2.41. The smallest absolute Gasteiger partial charge is 0.245 e. The van der Waals surface area contributed by atoms with Crippen molar-refractivity contribution in [2.75, 3.05) is 0 Å². The van der Waals surface area contributed by atoms with Crippen LogP contribution in [0.2, 0.25) is 0 Å². The second-order valence-electron chi connectivity index (χ2n) is 20.8. The molecule has 0 aromatic heterocycles. The summed E-state index contributed by atoms with van der Waals surface area (Å²) in [4.78, 5) is 0. The molecule has 0 bridgehead atoms. The highest BCUT2D eigenvalue weighted by atomic mass is 32.2. The first kappa shape index (κ1) is 41.1. The normalized spacial score (nSPS) is 28.1. The first-order chi connectivity index (χ1) is 24.8. The van der Waals surface area contributed by atoms with E-state index in [2.05, 4.69) is 93.5 Å². The molecule has 53 heavy (non-hydrogen) atoms. The van der Waals surface area contributed by atoms with Crippen molar-refractivity contribution in [2.24, 2.45) is 0 Å². The van der Waals surface area contributed by atoms with Gasteiger partial charge in [0.05, 0.1) is 0 Å². The average molecular weight is 761 g/mol. The van der Waals surface area contributed by atoms with Crippen molar-refractivity contribution >= 4 is 32.7 Å². The minimum atomic E-state index is -0.870. The molecule has 1 heterocycles. The molecule has 0 amide bonds. The summed E-state index contributed by atoms with van der Waals surface area (Å²) in [6.45, 7) is 23.7. The summed E-state index contributed by atoms with van der Waals surface area (Å²) in [5, 5.41) is 1.16. The quantitative estimate of drug-likeness (QED) is 0.284. The molecule has 3 saturated carbocycles. The Morgan fingerprint density at radius 2 is 0.868 bits per heavy atom. The van der Waals surface area contributed by atoms with Crippen molar-refractivity contribution in [1.82, 2.24) is 0 Å². The van der Waals surface area contributed by atoms with Crippen LogP contribution in [0, 0.1) is 0 Å². The maximum Gasteiger partial charge on any atom is 0.245 e. The number of hydrogen-bond acceptors (Lipinski definition) is 2. The predicted molar refractivity (Wildman–Crippen MR) is 239 cm³/mol. The molecule has 2 aromatic rings. The van der Waals surface area contributed by atoms with Gasteiger partial charge in [-0.2, -0.15) is 21.0 Å². The summed E-state index contributed by atoms with van der Waals surface area (Å²) >= 11 is 0. The number of benzene rings is 2. The summed E-state index contributed by atoms with van der Waals surface area (Å²) in [6, 6.07) is 10.1. The standard InChI is InChI=1S/C49H76O2S2/c1-45(2,3)37-29-35-33-52(11)41-23-17-13-14-18-24-42(41)53(12)34-36-30-38(46(4,5)6)32-40(49(10)27-21-16-22-28-49)44(36)51-47(7,8)50-43(35)39(31-37)48(9)25-19-15-20-26-48/h29-32,41-42H,11-28,33-34H2,1-10H3. The van der Waals surface area contributed by atoms with Crippen LogP contribution in [-0.2, 0) is 33.2 Å². The van der Waals surface area contributed by atoms with Crippen molar-refractivity contribution < 1.29 is 9.47 Å². The Balaban J connectivity index is 1.62. The van der Waals surface area contributed by atoms with Crippen LogP contribution in [0.1, 0.15) is 205 Å². The number of ether oxygens (including phenoxy) is 2. The monoisotopic (exact) mass is 761 g/mol. The third-order valence-electron chi connectivity index (χ3n) is 13.7. The maximum absolute atomic E-state index is 7.54. The van der Waals surface area contributed by atoms with Gasteiger partial charge in [0, 0.05) is 58.1 Å². The van der Waals surface area contributed by atoms with Gasteiger partial charge in [0.25, 0.3) is 0 Å². The van der Waals surface area contributed by atoms with E-state index in [-0.39, 0.29) is 42.6 Å². The molecule has 6 rings (SSSR count). The summed E-state index contributed by atoms with van der Waals surface area (Å²) < 4.78 is 15.1. The largest absolute Gasteiger partial charge is 0.452 e. The second kappa shape index (κ2) is 15.8. The Hall–Kier alpha value is -1.52. The minimum absolute atomic E-state index is 0.0401. The van der Waals surface area contributed by atoms with Gasteiger partial charge in [-0.05, 0) is 71.3 Å². The number of fused-ring (bicyclic) bond motifs is 3. The lowest BCUT2D eigenvalue weighted by atomic mass is 9.69. The molecule has 0 saturated heterocycles. The third kappa shape index (κ3) is 9.21. The molecule has 2 nitrogen and oxygen atoms in total. The molecule has 296 valence electrons.